The minimum atomic E-state index is 0.236. The molecule has 5 nitrogen and oxygen atoms in total. The lowest BCUT2D eigenvalue weighted by atomic mass is 10.3. The lowest BCUT2D eigenvalue weighted by molar-refractivity contribution is 0.0339. The van der Waals surface area contributed by atoms with E-state index in [0.29, 0.717) is 0 Å². The molecule has 1 aliphatic heterocycles. The highest BCUT2D eigenvalue weighted by molar-refractivity contribution is 5.41. The molecule has 1 aromatic rings. The van der Waals surface area contributed by atoms with Crippen molar-refractivity contribution in [2.45, 2.75) is 13.0 Å². The van der Waals surface area contributed by atoms with E-state index in [1.165, 1.54) is 0 Å². The minimum Gasteiger partial charge on any atom is -0.374 e. The van der Waals surface area contributed by atoms with E-state index in [1.54, 1.807) is 12.4 Å². The van der Waals surface area contributed by atoms with Crippen LogP contribution in [0.5, 0.6) is 0 Å². The smallest absolute Gasteiger partial charge is 0.149 e. The summed E-state index contributed by atoms with van der Waals surface area (Å²) in [4.78, 5) is 10.7. The van der Waals surface area contributed by atoms with Gasteiger partial charge < -0.3 is 15.0 Å². The van der Waals surface area contributed by atoms with Crippen LogP contribution in [-0.4, -0.2) is 49.4 Å². The predicted octanol–water partition coefficient (Wildman–Crippen LogP) is 0.210. The van der Waals surface area contributed by atoms with E-state index >= 15 is 0 Å². The maximum absolute atomic E-state index is 5.66. The Balaban J connectivity index is 1.96. The van der Waals surface area contributed by atoms with Crippen molar-refractivity contribution in [1.82, 2.24) is 15.3 Å². The molecule has 1 fully saturated rings. The van der Waals surface area contributed by atoms with Gasteiger partial charge in [0.15, 0.2) is 0 Å². The average molecular weight is 222 g/mol. The van der Waals surface area contributed by atoms with Crippen molar-refractivity contribution in [1.29, 1.82) is 0 Å². The van der Waals surface area contributed by atoms with E-state index in [9.17, 15) is 0 Å². The highest BCUT2D eigenvalue weighted by Crippen LogP contribution is 2.12. The number of nitrogens with one attached hydrogen (secondary N) is 1. The summed E-state index contributed by atoms with van der Waals surface area (Å²) in [6.07, 6.45) is 3.67. The van der Waals surface area contributed by atoms with Gasteiger partial charge in [-0.3, -0.25) is 4.98 Å². The fraction of sp³-hybridized carbons (Fsp3) is 0.636. The van der Waals surface area contributed by atoms with Gasteiger partial charge in [-0.1, -0.05) is 0 Å². The van der Waals surface area contributed by atoms with Crippen LogP contribution in [0.25, 0.3) is 0 Å². The SMILES string of the molecule is Cc1nccnc1N(C)CC1CNCCO1. The van der Waals surface area contributed by atoms with E-state index in [2.05, 4.69) is 20.2 Å². The summed E-state index contributed by atoms with van der Waals surface area (Å²) in [5.41, 5.74) is 0.953. The summed E-state index contributed by atoms with van der Waals surface area (Å²) in [5.74, 6) is 0.927. The Morgan fingerprint density at radius 1 is 1.50 bits per heavy atom. The summed E-state index contributed by atoms with van der Waals surface area (Å²) < 4.78 is 5.66. The Labute approximate surface area is 95.8 Å². The molecular formula is C11H18N4O. The first-order chi connectivity index (χ1) is 7.77. The number of ether oxygens (including phenoxy) is 1. The average Bonchev–Trinajstić information content (AvgIpc) is 2.31. The number of anilines is 1. The van der Waals surface area contributed by atoms with Crippen molar-refractivity contribution in [2.75, 3.05) is 38.2 Å². The number of likely N-dealkylation sites (N-methyl/N-ethyl adjacent to an activating group) is 1. The quantitative estimate of drug-likeness (QED) is 0.792. The second-order valence-electron chi connectivity index (χ2n) is 4.04. The van der Waals surface area contributed by atoms with Crippen molar-refractivity contribution in [3.63, 3.8) is 0 Å². The molecule has 0 bridgehead atoms. The number of aromatic nitrogens is 2. The van der Waals surface area contributed by atoms with Gasteiger partial charge in [0.1, 0.15) is 5.82 Å². The van der Waals surface area contributed by atoms with Gasteiger partial charge in [-0.05, 0) is 6.92 Å². The molecule has 0 saturated carbocycles. The van der Waals surface area contributed by atoms with Gasteiger partial charge in [0.2, 0.25) is 0 Å². The van der Waals surface area contributed by atoms with E-state index in [1.807, 2.05) is 14.0 Å². The number of morpholine rings is 1. The first kappa shape index (κ1) is 11.3. The molecule has 0 aromatic carbocycles. The van der Waals surface area contributed by atoms with Gasteiger partial charge in [0, 0.05) is 39.1 Å². The lowest BCUT2D eigenvalue weighted by Gasteiger charge is -2.28. The molecule has 2 heterocycles. The summed E-state index contributed by atoms with van der Waals surface area (Å²) in [5, 5.41) is 3.32. The Hall–Kier alpha value is -1.20. The molecular weight excluding hydrogens is 204 g/mol. The molecule has 1 aromatic heterocycles. The molecule has 1 atom stereocenters. The number of nitrogens with zero attached hydrogens (tertiary/aromatic N) is 3. The maximum atomic E-state index is 5.66. The fourth-order valence-corrected chi connectivity index (χ4v) is 1.90. The van der Waals surface area contributed by atoms with Crippen molar-refractivity contribution >= 4 is 5.82 Å². The summed E-state index contributed by atoms with van der Waals surface area (Å²) >= 11 is 0. The summed E-state index contributed by atoms with van der Waals surface area (Å²) in [7, 11) is 2.02. The highest BCUT2D eigenvalue weighted by atomic mass is 16.5. The van der Waals surface area contributed by atoms with Crippen molar-refractivity contribution in [2.24, 2.45) is 0 Å². The van der Waals surface area contributed by atoms with E-state index < -0.39 is 0 Å². The predicted molar refractivity (Wildman–Crippen MR) is 62.6 cm³/mol. The van der Waals surface area contributed by atoms with Gasteiger partial charge >= 0.3 is 0 Å². The van der Waals surface area contributed by atoms with Crippen LogP contribution < -0.4 is 10.2 Å². The largest absolute Gasteiger partial charge is 0.374 e. The van der Waals surface area contributed by atoms with Gasteiger partial charge in [-0.25, -0.2) is 4.98 Å². The molecule has 0 radical (unpaired) electrons. The highest BCUT2D eigenvalue weighted by Gasteiger charge is 2.17. The van der Waals surface area contributed by atoms with Crippen LogP contribution in [0.1, 0.15) is 5.69 Å². The summed E-state index contributed by atoms with van der Waals surface area (Å²) in [6.45, 7) is 5.46. The zero-order chi connectivity index (χ0) is 11.4. The number of aryl methyl sites for hydroxylation is 1. The second-order valence-corrected chi connectivity index (χ2v) is 4.04. The van der Waals surface area contributed by atoms with E-state index in [-0.39, 0.29) is 6.10 Å². The van der Waals surface area contributed by atoms with Crippen LogP contribution in [0, 0.1) is 6.92 Å². The monoisotopic (exact) mass is 222 g/mol. The number of rotatable bonds is 3. The van der Waals surface area contributed by atoms with Gasteiger partial charge in [0.25, 0.3) is 0 Å². The van der Waals surface area contributed by atoms with Crippen LogP contribution in [0.3, 0.4) is 0 Å². The standard InChI is InChI=1S/C11H18N4O/c1-9-11(14-4-3-13-9)15(2)8-10-7-12-5-6-16-10/h3-4,10,12H,5-8H2,1-2H3. The molecule has 1 saturated heterocycles. The van der Waals surface area contributed by atoms with E-state index in [0.717, 1.165) is 37.8 Å². The van der Waals surface area contributed by atoms with Crippen LogP contribution >= 0.6 is 0 Å². The molecule has 2 rings (SSSR count). The summed E-state index contributed by atoms with van der Waals surface area (Å²) in [6, 6.07) is 0. The Morgan fingerprint density at radius 3 is 3.00 bits per heavy atom. The third-order valence-electron chi connectivity index (χ3n) is 2.70. The van der Waals surface area contributed by atoms with Crippen molar-refractivity contribution in [3.05, 3.63) is 18.1 Å². The topological polar surface area (TPSA) is 50.3 Å². The first-order valence-corrected chi connectivity index (χ1v) is 5.58. The molecule has 1 N–H and O–H groups in total. The molecule has 0 spiro atoms. The third kappa shape index (κ3) is 2.68. The van der Waals surface area contributed by atoms with E-state index in [4.69, 9.17) is 4.74 Å². The van der Waals surface area contributed by atoms with Gasteiger partial charge in [-0.2, -0.15) is 0 Å². The molecule has 0 aliphatic carbocycles. The van der Waals surface area contributed by atoms with Crippen LogP contribution in [0.2, 0.25) is 0 Å². The second kappa shape index (κ2) is 5.23. The van der Waals surface area contributed by atoms with Gasteiger partial charge in [-0.15, -0.1) is 0 Å². The zero-order valence-corrected chi connectivity index (χ0v) is 9.81. The van der Waals surface area contributed by atoms with Crippen molar-refractivity contribution in [3.8, 4) is 0 Å². The minimum absolute atomic E-state index is 0.236. The zero-order valence-electron chi connectivity index (χ0n) is 9.81. The van der Waals surface area contributed by atoms with Crippen LogP contribution in [-0.2, 0) is 4.74 Å². The molecule has 1 aliphatic rings. The Bertz CT molecular complexity index is 339. The molecule has 1 unspecified atom stereocenters. The maximum Gasteiger partial charge on any atom is 0.149 e. The molecule has 16 heavy (non-hydrogen) atoms. The van der Waals surface area contributed by atoms with Crippen LogP contribution in [0.4, 0.5) is 5.82 Å². The van der Waals surface area contributed by atoms with Crippen LogP contribution in [0.15, 0.2) is 12.4 Å². The number of hydrogen-bond acceptors (Lipinski definition) is 5. The fourth-order valence-electron chi connectivity index (χ4n) is 1.90. The molecule has 0 amide bonds. The first-order valence-electron chi connectivity index (χ1n) is 5.58. The third-order valence-corrected chi connectivity index (χ3v) is 2.70. The Morgan fingerprint density at radius 2 is 2.31 bits per heavy atom. The molecule has 88 valence electrons. The lowest BCUT2D eigenvalue weighted by Crippen LogP contribution is -2.44. The van der Waals surface area contributed by atoms with Gasteiger partial charge in [0.05, 0.1) is 18.4 Å². The molecule has 5 heteroatoms. The van der Waals surface area contributed by atoms with Crippen molar-refractivity contribution < 1.29 is 4.74 Å². The Kier molecular flexibility index (Phi) is 3.69. The number of hydrogen-bond donors (Lipinski definition) is 1. The normalized spacial score (nSPS) is 20.8.